The zero-order valence-corrected chi connectivity index (χ0v) is 11.7. The van der Waals surface area contributed by atoms with Crippen LogP contribution in [0.1, 0.15) is 30.9 Å². The Morgan fingerprint density at radius 3 is 2.75 bits per heavy atom. The minimum absolute atomic E-state index is 0.502. The van der Waals surface area contributed by atoms with E-state index in [4.69, 9.17) is 0 Å². The third kappa shape index (κ3) is 2.93. The lowest BCUT2D eigenvalue weighted by Gasteiger charge is -2.32. The van der Waals surface area contributed by atoms with Gasteiger partial charge in [-0.15, -0.1) is 0 Å². The minimum Gasteiger partial charge on any atom is -0.324 e. The lowest BCUT2D eigenvalue weighted by atomic mass is 9.97. The fraction of sp³-hybridized carbons (Fsp3) is 0.400. The molecule has 104 valence electrons. The summed E-state index contributed by atoms with van der Waals surface area (Å²) < 4.78 is 0. The van der Waals surface area contributed by atoms with E-state index in [-0.39, 0.29) is 0 Å². The van der Waals surface area contributed by atoms with Crippen molar-refractivity contribution in [3.8, 4) is 0 Å². The summed E-state index contributed by atoms with van der Waals surface area (Å²) >= 11 is 0. The predicted octanol–water partition coefficient (Wildman–Crippen LogP) is 2.77. The van der Waals surface area contributed by atoms with Crippen molar-refractivity contribution in [3.63, 3.8) is 0 Å². The van der Waals surface area contributed by atoms with Gasteiger partial charge in [0.05, 0.1) is 6.20 Å². The molecule has 1 atom stereocenters. The van der Waals surface area contributed by atoms with Crippen LogP contribution >= 0.6 is 0 Å². The zero-order valence-electron chi connectivity index (χ0n) is 11.7. The first-order valence-electron chi connectivity index (χ1n) is 7.02. The van der Waals surface area contributed by atoms with Crippen molar-refractivity contribution in [2.24, 2.45) is 0 Å². The van der Waals surface area contributed by atoms with Crippen LogP contribution in [0, 0.1) is 0 Å². The largest absolute Gasteiger partial charge is 0.324 e. The van der Waals surface area contributed by atoms with E-state index in [0.717, 1.165) is 5.82 Å². The standard InChI is InChI=1S/C15H19N5/c1-20-9-3-2-4-13(20)12-5-6-14(18-10-12)19-15-11-16-7-8-17-15/h5-8,10-11,13H,2-4,9H2,1H3,(H,17,18,19)/t13-/m1/s1. The maximum atomic E-state index is 4.48. The second-order valence-corrected chi connectivity index (χ2v) is 5.18. The number of pyridine rings is 1. The highest BCUT2D eigenvalue weighted by atomic mass is 15.1. The molecule has 1 N–H and O–H groups in total. The molecule has 20 heavy (non-hydrogen) atoms. The Morgan fingerprint density at radius 2 is 2.05 bits per heavy atom. The minimum atomic E-state index is 0.502. The van der Waals surface area contributed by atoms with E-state index in [1.54, 1.807) is 18.6 Å². The highest BCUT2D eigenvalue weighted by Gasteiger charge is 2.20. The molecule has 0 amide bonds. The average Bonchev–Trinajstić information content (AvgIpc) is 2.50. The maximum absolute atomic E-state index is 4.48. The molecular formula is C15H19N5. The van der Waals surface area contributed by atoms with Crippen molar-refractivity contribution in [1.82, 2.24) is 19.9 Å². The van der Waals surface area contributed by atoms with E-state index < -0.39 is 0 Å². The number of hydrogen-bond acceptors (Lipinski definition) is 5. The zero-order chi connectivity index (χ0) is 13.8. The third-order valence-corrected chi connectivity index (χ3v) is 3.76. The van der Waals surface area contributed by atoms with Crippen LogP contribution in [0.15, 0.2) is 36.9 Å². The molecular weight excluding hydrogens is 250 g/mol. The molecule has 0 spiro atoms. The Kier molecular flexibility index (Phi) is 3.87. The van der Waals surface area contributed by atoms with Gasteiger partial charge in [-0.3, -0.25) is 9.88 Å². The first-order valence-corrected chi connectivity index (χ1v) is 7.02. The molecule has 3 rings (SSSR count). The highest BCUT2D eigenvalue weighted by Crippen LogP contribution is 2.29. The van der Waals surface area contributed by atoms with Crippen molar-refractivity contribution < 1.29 is 0 Å². The van der Waals surface area contributed by atoms with Gasteiger partial charge >= 0.3 is 0 Å². The summed E-state index contributed by atoms with van der Waals surface area (Å²) in [5.74, 6) is 1.51. The first-order chi connectivity index (χ1) is 9.83. The molecule has 1 saturated heterocycles. The van der Waals surface area contributed by atoms with Gasteiger partial charge in [-0.1, -0.05) is 12.5 Å². The number of likely N-dealkylation sites (tertiary alicyclic amines) is 1. The molecule has 0 aromatic carbocycles. The number of aromatic nitrogens is 3. The van der Waals surface area contributed by atoms with E-state index >= 15 is 0 Å². The molecule has 0 bridgehead atoms. The van der Waals surface area contributed by atoms with Crippen molar-refractivity contribution in [2.45, 2.75) is 25.3 Å². The van der Waals surface area contributed by atoms with Crippen LogP contribution in [0.25, 0.3) is 0 Å². The Hall–Kier alpha value is -2.01. The van der Waals surface area contributed by atoms with E-state index in [1.807, 2.05) is 12.3 Å². The van der Waals surface area contributed by atoms with Gasteiger partial charge in [0.25, 0.3) is 0 Å². The second-order valence-electron chi connectivity index (χ2n) is 5.18. The Bertz CT molecular complexity index is 540. The molecule has 0 radical (unpaired) electrons. The van der Waals surface area contributed by atoms with E-state index in [2.05, 4.69) is 38.3 Å². The number of nitrogens with zero attached hydrogens (tertiary/aromatic N) is 4. The van der Waals surface area contributed by atoms with Gasteiger partial charge < -0.3 is 5.32 Å². The molecule has 1 fully saturated rings. The van der Waals surface area contributed by atoms with Crippen LogP contribution in [0.3, 0.4) is 0 Å². The SMILES string of the molecule is CN1CCCC[C@@H]1c1ccc(Nc2cnccn2)nc1. The van der Waals surface area contributed by atoms with E-state index in [9.17, 15) is 0 Å². The molecule has 0 saturated carbocycles. The molecule has 0 aliphatic carbocycles. The van der Waals surface area contributed by atoms with Crippen LogP contribution in [0.4, 0.5) is 11.6 Å². The van der Waals surface area contributed by atoms with Gasteiger partial charge in [-0.25, -0.2) is 9.97 Å². The van der Waals surface area contributed by atoms with Crippen molar-refractivity contribution in [2.75, 3.05) is 18.9 Å². The van der Waals surface area contributed by atoms with Gasteiger partial charge in [-0.05, 0) is 38.1 Å². The summed E-state index contributed by atoms with van der Waals surface area (Å²) in [6.45, 7) is 1.17. The summed E-state index contributed by atoms with van der Waals surface area (Å²) in [6.07, 6.45) is 10.8. The summed E-state index contributed by atoms with van der Waals surface area (Å²) in [5, 5.41) is 3.15. The van der Waals surface area contributed by atoms with Gasteiger partial charge in [0.2, 0.25) is 0 Å². The Morgan fingerprint density at radius 1 is 1.10 bits per heavy atom. The van der Waals surface area contributed by atoms with Gasteiger partial charge in [0.1, 0.15) is 11.6 Å². The fourth-order valence-corrected chi connectivity index (χ4v) is 2.67. The highest BCUT2D eigenvalue weighted by molar-refractivity contribution is 5.50. The third-order valence-electron chi connectivity index (χ3n) is 3.76. The molecule has 5 nitrogen and oxygen atoms in total. The molecule has 3 heterocycles. The number of rotatable bonds is 3. The number of anilines is 2. The van der Waals surface area contributed by atoms with E-state index in [1.165, 1.54) is 31.4 Å². The van der Waals surface area contributed by atoms with Crippen molar-refractivity contribution in [1.29, 1.82) is 0 Å². The monoisotopic (exact) mass is 269 g/mol. The van der Waals surface area contributed by atoms with Crippen LogP contribution in [0.2, 0.25) is 0 Å². The average molecular weight is 269 g/mol. The van der Waals surface area contributed by atoms with Crippen LogP contribution in [-0.4, -0.2) is 33.4 Å². The van der Waals surface area contributed by atoms with Gasteiger partial charge in [-0.2, -0.15) is 0 Å². The molecule has 1 aliphatic heterocycles. The maximum Gasteiger partial charge on any atom is 0.150 e. The summed E-state index contributed by atoms with van der Waals surface area (Å²) in [4.78, 5) is 15.1. The van der Waals surface area contributed by atoms with Crippen LogP contribution < -0.4 is 5.32 Å². The smallest absolute Gasteiger partial charge is 0.150 e. The topological polar surface area (TPSA) is 53.9 Å². The van der Waals surface area contributed by atoms with Gasteiger partial charge in [0.15, 0.2) is 0 Å². The predicted molar refractivity (Wildman–Crippen MR) is 78.8 cm³/mol. The quantitative estimate of drug-likeness (QED) is 0.928. The van der Waals surface area contributed by atoms with E-state index in [0.29, 0.717) is 11.9 Å². The normalized spacial score (nSPS) is 19.8. The Labute approximate surface area is 119 Å². The fourth-order valence-electron chi connectivity index (χ4n) is 2.67. The number of nitrogens with one attached hydrogen (secondary N) is 1. The van der Waals surface area contributed by atoms with Crippen molar-refractivity contribution in [3.05, 3.63) is 42.5 Å². The van der Waals surface area contributed by atoms with Gasteiger partial charge in [0, 0.05) is 24.6 Å². The molecule has 0 unspecified atom stereocenters. The summed E-state index contributed by atoms with van der Waals surface area (Å²) in [5.41, 5.74) is 1.29. The molecule has 2 aromatic heterocycles. The molecule has 5 heteroatoms. The van der Waals surface area contributed by atoms with Crippen molar-refractivity contribution >= 4 is 11.6 Å². The molecule has 1 aliphatic rings. The van der Waals surface area contributed by atoms with Crippen LogP contribution in [0.5, 0.6) is 0 Å². The second kappa shape index (κ2) is 5.96. The molecule has 2 aromatic rings. The lowest BCUT2D eigenvalue weighted by Crippen LogP contribution is -2.29. The summed E-state index contributed by atoms with van der Waals surface area (Å²) in [6, 6.07) is 4.66. The summed E-state index contributed by atoms with van der Waals surface area (Å²) in [7, 11) is 2.19. The number of hydrogen-bond donors (Lipinski definition) is 1. The Balaban J connectivity index is 1.71. The van der Waals surface area contributed by atoms with Crippen LogP contribution in [-0.2, 0) is 0 Å². The first kappa shape index (κ1) is 13.0. The number of piperidine rings is 1. The lowest BCUT2D eigenvalue weighted by molar-refractivity contribution is 0.187.